The highest BCUT2D eigenvalue weighted by molar-refractivity contribution is 5.89. The van der Waals surface area contributed by atoms with E-state index in [0.29, 0.717) is 11.4 Å². The van der Waals surface area contributed by atoms with Gasteiger partial charge in [0.15, 0.2) is 4.98 Å². The fourth-order valence-corrected chi connectivity index (χ4v) is 0.849. The van der Waals surface area contributed by atoms with Gasteiger partial charge in [-0.05, 0) is 6.07 Å². The minimum atomic E-state index is -0.148. The molecule has 0 bridgehead atoms. The Bertz CT molecular complexity index is 345. The molecule has 0 aliphatic carbocycles. The molecule has 0 heterocycles. The van der Waals surface area contributed by atoms with E-state index in [1.165, 1.54) is 6.92 Å². The number of carbonyl (C=O) groups is 1. The molecule has 1 N–H and O–H groups in total. The van der Waals surface area contributed by atoms with Gasteiger partial charge >= 0.3 is 5.69 Å². The zero-order chi connectivity index (χ0) is 8.97. The third kappa shape index (κ3) is 3.54. The van der Waals surface area contributed by atoms with Crippen molar-refractivity contribution >= 4 is 17.3 Å². The number of diazo groups is 1. The van der Waals surface area contributed by atoms with Crippen LogP contribution in [0.25, 0.3) is 4.98 Å². The summed E-state index contributed by atoms with van der Waals surface area (Å²) >= 11 is 0. The minimum absolute atomic E-state index is 0. The van der Waals surface area contributed by atoms with Crippen LogP contribution < -0.4 is 17.7 Å². The fraction of sp³-hybridized carbons (Fsp3) is 0.125. The van der Waals surface area contributed by atoms with E-state index in [2.05, 4.69) is 10.3 Å². The Morgan fingerprint density at radius 2 is 2.23 bits per heavy atom. The minimum Gasteiger partial charge on any atom is -1.00 e. The van der Waals surface area contributed by atoms with Gasteiger partial charge in [-0.3, -0.25) is 4.79 Å². The highest BCUT2D eigenvalue weighted by Gasteiger charge is 2.04. The molecule has 0 aliphatic rings. The molecule has 68 valence electrons. The zero-order valence-electron chi connectivity index (χ0n) is 6.99. The second-order valence-corrected chi connectivity index (χ2v) is 2.33. The summed E-state index contributed by atoms with van der Waals surface area (Å²) in [6.07, 6.45) is 0. The first-order chi connectivity index (χ1) is 5.72. The first-order valence-electron chi connectivity index (χ1n) is 3.45. The molecule has 0 aliphatic heterocycles. The molecule has 1 aromatic rings. The van der Waals surface area contributed by atoms with Gasteiger partial charge in [0.25, 0.3) is 0 Å². The predicted molar refractivity (Wildman–Crippen MR) is 45.5 cm³/mol. The highest BCUT2D eigenvalue weighted by atomic mass is 35.5. The van der Waals surface area contributed by atoms with Crippen LogP contribution in [0, 0.1) is 5.39 Å². The molecule has 0 saturated carbocycles. The number of hydrogen-bond acceptors (Lipinski definition) is 2. The largest absolute Gasteiger partial charge is 1.00 e. The molecular formula is C8H8ClN3O. The number of anilines is 1. The monoisotopic (exact) mass is 197 g/mol. The first-order valence-corrected chi connectivity index (χ1v) is 3.45. The van der Waals surface area contributed by atoms with Gasteiger partial charge in [-0.15, -0.1) is 0 Å². The lowest BCUT2D eigenvalue weighted by atomic mass is 10.3. The van der Waals surface area contributed by atoms with Gasteiger partial charge in [-0.2, -0.15) is 0 Å². The summed E-state index contributed by atoms with van der Waals surface area (Å²) in [5.41, 5.74) is 1.04. The lowest BCUT2D eigenvalue weighted by Crippen LogP contribution is -3.00. The number of rotatable bonds is 1. The molecule has 0 fully saturated rings. The molecule has 1 aromatic carbocycles. The van der Waals surface area contributed by atoms with Gasteiger partial charge < -0.3 is 17.7 Å². The number of benzene rings is 1. The predicted octanol–water partition coefficient (Wildman–Crippen LogP) is -0.866. The number of nitrogens with zero attached hydrogens (tertiary/aromatic N) is 2. The van der Waals surface area contributed by atoms with Crippen molar-refractivity contribution in [1.29, 1.82) is 5.39 Å². The SMILES string of the molecule is CC(=O)Nc1cccc([N+]#N)c1.[Cl-]. The summed E-state index contributed by atoms with van der Waals surface area (Å²) in [6, 6.07) is 6.61. The lowest BCUT2D eigenvalue weighted by molar-refractivity contribution is -0.114. The zero-order valence-corrected chi connectivity index (χ0v) is 7.75. The normalized spacial score (nSPS) is 8.00. The van der Waals surface area contributed by atoms with Crippen LogP contribution in [0.5, 0.6) is 0 Å². The van der Waals surface area contributed by atoms with Crippen LogP contribution in [0.15, 0.2) is 24.3 Å². The average Bonchev–Trinajstić information content (AvgIpc) is 2.03. The maximum atomic E-state index is 10.6. The maximum absolute atomic E-state index is 10.6. The van der Waals surface area contributed by atoms with Crippen LogP contribution in [0.3, 0.4) is 0 Å². The van der Waals surface area contributed by atoms with Crippen molar-refractivity contribution in [3.8, 4) is 0 Å². The summed E-state index contributed by atoms with van der Waals surface area (Å²) in [6.45, 7) is 1.42. The standard InChI is InChI=1S/C8H7N3O.ClH/c1-6(12)10-7-3-2-4-8(5-7)11-9;/h2-5H,1H3;1H. The second kappa shape index (κ2) is 5.12. The van der Waals surface area contributed by atoms with Crippen molar-refractivity contribution < 1.29 is 17.2 Å². The number of hydrogen-bond donors (Lipinski definition) is 1. The Morgan fingerprint density at radius 1 is 1.54 bits per heavy atom. The van der Waals surface area contributed by atoms with E-state index in [4.69, 9.17) is 5.39 Å². The maximum Gasteiger partial charge on any atom is 0.387 e. The molecule has 0 radical (unpaired) electrons. The lowest BCUT2D eigenvalue weighted by Gasteiger charge is -1.97. The molecule has 13 heavy (non-hydrogen) atoms. The summed E-state index contributed by atoms with van der Waals surface area (Å²) in [5, 5.41) is 11.0. The molecule has 4 nitrogen and oxygen atoms in total. The van der Waals surface area contributed by atoms with E-state index in [1.807, 2.05) is 0 Å². The van der Waals surface area contributed by atoms with Crippen LogP contribution in [0.1, 0.15) is 6.92 Å². The number of amides is 1. The smallest absolute Gasteiger partial charge is 0.387 e. The second-order valence-electron chi connectivity index (χ2n) is 2.33. The quantitative estimate of drug-likeness (QED) is 0.596. The Kier molecular flexibility index (Phi) is 4.49. The molecular weight excluding hydrogens is 190 g/mol. The molecule has 0 saturated heterocycles. The van der Waals surface area contributed by atoms with Crippen LogP contribution >= 0.6 is 0 Å². The topological polar surface area (TPSA) is 57.2 Å². The molecule has 0 spiro atoms. The summed E-state index contributed by atoms with van der Waals surface area (Å²) < 4.78 is 0. The fourth-order valence-electron chi connectivity index (χ4n) is 0.849. The van der Waals surface area contributed by atoms with Crippen molar-refractivity contribution in [2.75, 3.05) is 5.32 Å². The van der Waals surface area contributed by atoms with E-state index < -0.39 is 0 Å². The van der Waals surface area contributed by atoms with Crippen molar-refractivity contribution in [2.24, 2.45) is 0 Å². The van der Waals surface area contributed by atoms with Crippen molar-refractivity contribution in [3.05, 3.63) is 29.2 Å². The van der Waals surface area contributed by atoms with Gasteiger partial charge in [-0.1, -0.05) is 6.07 Å². The van der Waals surface area contributed by atoms with Crippen molar-refractivity contribution in [1.82, 2.24) is 0 Å². The third-order valence-corrected chi connectivity index (χ3v) is 1.28. The Hall–Kier alpha value is -1.60. The van der Waals surface area contributed by atoms with E-state index in [1.54, 1.807) is 24.3 Å². The van der Waals surface area contributed by atoms with Gasteiger partial charge in [0.1, 0.15) is 0 Å². The van der Waals surface area contributed by atoms with Crippen LogP contribution in [0.4, 0.5) is 11.4 Å². The molecule has 0 atom stereocenters. The van der Waals surface area contributed by atoms with E-state index in [-0.39, 0.29) is 18.3 Å². The van der Waals surface area contributed by atoms with Crippen LogP contribution in [-0.2, 0) is 4.79 Å². The molecule has 1 rings (SSSR count). The van der Waals surface area contributed by atoms with E-state index in [0.717, 1.165) is 0 Å². The summed E-state index contributed by atoms with van der Waals surface area (Å²) in [4.78, 5) is 13.6. The Labute approximate surface area is 82.0 Å². The highest BCUT2D eigenvalue weighted by Crippen LogP contribution is 2.17. The Morgan fingerprint density at radius 3 is 2.77 bits per heavy atom. The van der Waals surface area contributed by atoms with Crippen LogP contribution in [-0.4, -0.2) is 5.91 Å². The average molecular weight is 198 g/mol. The Balaban J connectivity index is 0.00000144. The molecule has 0 unspecified atom stereocenters. The number of halogens is 1. The molecule has 5 heteroatoms. The molecule has 1 amide bonds. The van der Waals surface area contributed by atoms with Crippen LogP contribution in [0.2, 0.25) is 0 Å². The number of carbonyl (C=O) groups excluding carboxylic acids is 1. The van der Waals surface area contributed by atoms with E-state index in [9.17, 15) is 4.79 Å². The van der Waals surface area contributed by atoms with Crippen molar-refractivity contribution in [3.63, 3.8) is 0 Å². The van der Waals surface area contributed by atoms with Gasteiger partial charge in [0.2, 0.25) is 11.3 Å². The van der Waals surface area contributed by atoms with Gasteiger partial charge in [-0.25, -0.2) is 0 Å². The van der Waals surface area contributed by atoms with Gasteiger partial charge in [0.05, 0.1) is 6.07 Å². The van der Waals surface area contributed by atoms with Crippen molar-refractivity contribution in [2.45, 2.75) is 6.92 Å². The van der Waals surface area contributed by atoms with E-state index >= 15 is 0 Å². The first kappa shape index (κ1) is 11.4. The third-order valence-electron chi connectivity index (χ3n) is 1.28. The number of nitrogens with one attached hydrogen (secondary N) is 1. The summed E-state index contributed by atoms with van der Waals surface area (Å²) in [5.74, 6) is -0.148. The summed E-state index contributed by atoms with van der Waals surface area (Å²) in [7, 11) is 0. The van der Waals surface area contributed by atoms with Gasteiger partial charge in [0, 0.05) is 18.7 Å². The molecule has 0 aromatic heterocycles.